The summed E-state index contributed by atoms with van der Waals surface area (Å²) >= 11 is 0. The number of anilines is 1. The molecule has 0 aliphatic rings. The molecule has 1 rings (SSSR count). The van der Waals surface area contributed by atoms with Crippen molar-refractivity contribution < 1.29 is 4.92 Å². The molecule has 0 radical (unpaired) electrons. The molecule has 0 spiro atoms. The van der Waals surface area contributed by atoms with Gasteiger partial charge in [0.25, 0.3) is 5.69 Å². The third kappa shape index (κ3) is 3.86. The normalized spacial score (nSPS) is 11.4. The topological polar surface area (TPSA) is 67.5 Å². The molecule has 1 N–H and O–H groups in total. The van der Waals surface area contributed by atoms with Crippen LogP contribution in [0.1, 0.15) is 32.3 Å². The summed E-state index contributed by atoms with van der Waals surface area (Å²) in [7, 11) is 0. The molecule has 0 saturated carbocycles. The standard InChI is InChI=1S/C12H17N3O2/c1-4-5-10(3)13-14-11-7-6-9(2)8-12(11)15(16)17/h6-8,14H,4-5H2,1-3H3/b13-10+. The fraction of sp³-hybridized carbons (Fsp3) is 0.417. The van der Waals surface area contributed by atoms with Gasteiger partial charge in [0.2, 0.25) is 0 Å². The van der Waals surface area contributed by atoms with Gasteiger partial charge >= 0.3 is 0 Å². The lowest BCUT2D eigenvalue weighted by molar-refractivity contribution is -0.384. The summed E-state index contributed by atoms with van der Waals surface area (Å²) in [5, 5.41) is 15.0. The van der Waals surface area contributed by atoms with Crippen molar-refractivity contribution in [2.24, 2.45) is 5.10 Å². The fourth-order valence-electron chi connectivity index (χ4n) is 1.46. The van der Waals surface area contributed by atoms with Gasteiger partial charge < -0.3 is 0 Å². The van der Waals surface area contributed by atoms with E-state index < -0.39 is 4.92 Å². The van der Waals surface area contributed by atoms with Crippen molar-refractivity contribution in [3.05, 3.63) is 33.9 Å². The number of hydrogen-bond acceptors (Lipinski definition) is 4. The molecule has 0 heterocycles. The van der Waals surface area contributed by atoms with Crippen LogP contribution in [0.5, 0.6) is 0 Å². The first-order valence-electron chi connectivity index (χ1n) is 5.58. The molecular weight excluding hydrogens is 218 g/mol. The maximum absolute atomic E-state index is 10.9. The maximum atomic E-state index is 10.9. The highest BCUT2D eigenvalue weighted by Gasteiger charge is 2.12. The minimum absolute atomic E-state index is 0.0537. The van der Waals surface area contributed by atoms with Crippen LogP contribution in [0.15, 0.2) is 23.3 Å². The van der Waals surface area contributed by atoms with Crippen LogP contribution < -0.4 is 5.43 Å². The quantitative estimate of drug-likeness (QED) is 0.482. The van der Waals surface area contributed by atoms with Gasteiger partial charge in [-0.2, -0.15) is 5.10 Å². The third-order valence-electron chi connectivity index (χ3n) is 2.33. The van der Waals surface area contributed by atoms with Crippen LogP contribution in [-0.2, 0) is 0 Å². The SMILES string of the molecule is CCC/C(C)=N/Nc1ccc(C)cc1[N+](=O)[O-]. The van der Waals surface area contributed by atoms with Crippen molar-refractivity contribution in [3.63, 3.8) is 0 Å². The molecule has 5 heteroatoms. The summed E-state index contributed by atoms with van der Waals surface area (Å²) in [6, 6.07) is 5.03. The number of hydrazone groups is 1. The van der Waals surface area contributed by atoms with Gasteiger partial charge in [-0.25, -0.2) is 0 Å². The van der Waals surface area contributed by atoms with Crippen molar-refractivity contribution >= 4 is 17.1 Å². The number of nitrogens with one attached hydrogen (secondary N) is 1. The van der Waals surface area contributed by atoms with Crippen LogP contribution in [0.3, 0.4) is 0 Å². The van der Waals surface area contributed by atoms with Crippen molar-refractivity contribution in [3.8, 4) is 0 Å². The number of rotatable bonds is 5. The number of hydrogen-bond donors (Lipinski definition) is 1. The van der Waals surface area contributed by atoms with Crippen LogP contribution in [0, 0.1) is 17.0 Å². The van der Waals surface area contributed by atoms with E-state index in [1.807, 2.05) is 19.9 Å². The Morgan fingerprint density at radius 2 is 2.24 bits per heavy atom. The molecule has 5 nitrogen and oxygen atoms in total. The maximum Gasteiger partial charge on any atom is 0.294 e. The average molecular weight is 235 g/mol. The van der Waals surface area contributed by atoms with Crippen LogP contribution in [0.2, 0.25) is 0 Å². The predicted molar refractivity (Wildman–Crippen MR) is 69.5 cm³/mol. The van der Waals surface area contributed by atoms with Crippen molar-refractivity contribution in [1.29, 1.82) is 0 Å². The Bertz CT molecular complexity index is 441. The summed E-state index contributed by atoms with van der Waals surface area (Å²) in [5.74, 6) is 0. The number of nitro benzene ring substituents is 1. The molecule has 0 atom stereocenters. The highest BCUT2D eigenvalue weighted by Crippen LogP contribution is 2.25. The van der Waals surface area contributed by atoms with Crippen molar-refractivity contribution in [1.82, 2.24) is 0 Å². The average Bonchev–Trinajstić information content (AvgIpc) is 2.27. The van der Waals surface area contributed by atoms with Crippen LogP contribution >= 0.6 is 0 Å². The first-order valence-corrected chi connectivity index (χ1v) is 5.58. The molecule has 0 fully saturated rings. The second kappa shape index (κ2) is 5.98. The molecule has 0 amide bonds. The molecule has 0 saturated heterocycles. The summed E-state index contributed by atoms with van der Waals surface area (Å²) < 4.78 is 0. The molecule has 0 bridgehead atoms. The summed E-state index contributed by atoms with van der Waals surface area (Å²) in [4.78, 5) is 10.5. The Labute approximate surface area is 101 Å². The van der Waals surface area contributed by atoms with E-state index in [0.717, 1.165) is 24.1 Å². The molecule has 0 unspecified atom stereocenters. The smallest absolute Gasteiger partial charge is 0.272 e. The lowest BCUT2D eigenvalue weighted by Gasteiger charge is -2.04. The van der Waals surface area contributed by atoms with Gasteiger partial charge in [-0.05, 0) is 31.9 Å². The fourth-order valence-corrected chi connectivity index (χ4v) is 1.46. The third-order valence-corrected chi connectivity index (χ3v) is 2.33. The Kier molecular flexibility index (Phi) is 4.63. The second-order valence-corrected chi connectivity index (χ2v) is 3.99. The number of aryl methyl sites for hydroxylation is 1. The largest absolute Gasteiger partial charge is 0.294 e. The van der Waals surface area contributed by atoms with Gasteiger partial charge in [0, 0.05) is 11.8 Å². The van der Waals surface area contributed by atoms with E-state index in [1.54, 1.807) is 6.07 Å². The van der Waals surface area contributed by atoms with Gasteiger partial charge in [-0.1, -0.05) is 19.4 Å². The Morgan fingerprint density at radius 3 is 2.82 bits per heavy atom. The van der Waals surface area contributed by atoms with Gasteiger partial charge in [0.05, 0.1) is 4.92 Å². The van der Waals surface area contributed by atoms with Crippen LogP contribution in [-0.4, -0.2) is 10.6 Å². The number of nitrogens with zero attached hydrogens (tertiary/aromatic N) is 2. The lowest BCUT2D eigenvalue weighted by atomic mass is 10.2. The summed E-state index contributed by atoms with van der Waals surface area (Å²) in [6.07, 6.45) is 1.89. The molecule has 17 heavy (non-hydrogen) atoms. The predicted octanol–water partition coefficient (Wildman–Crippen LogP) is 3.49. The van der Waals surface area contributed by atoms with E-state index >= 15 is 0 Å². The summed E-state index contributed by atoms with van der Waals surface area (Å²) in [5.41, 5.74) is 5.02. The summed E-state index contributed by atoms with van der Waals surface area (Å²) in [6.45, 7) is 5.78. The van der Waals surface area contributed by atoms with Crippen LogP contribution in [0.25, 0.3) is 0 Å². The van der Waals surface area contributed by atoms with Gasteiger partial charge in [0.1, 0.15) is 5.69 Å². The zero-order chi connectivity index (χ0) is 12.8. The van der Waals surface area contributed by atoms with Crippen molar-refractivity contribution in [2.75, 3.05) is 5.43 Å². The molecule has 0 aliphatic carbocycles. The zero-order valence-corrected chi connectivity index (χ0v) is 10.4. The van der Waals surface area contributed by atoms with Crippen molar-refractivity contribution in [2.45, 2.75) is 33.6 Å². The van der Waals surface area contributed by atoms with E-state index in [4.69, 9.17) is 0 Å². The second-order valence-electron chi connectivity index (χ2n) is 3.99. The minimum Gasteiger partial charge on any atom is -0.272 e. The zero-order valence-electron chi connectivity index (χ0n) is 10.4. The molecule has 1 aromatic rings. The molecule has 0 aromatic heterocycles. The molecule has 92 valence electrons. The van der Waals surface area contributed by atoms with Gasteiger partial charge in [-0.15, -0.1) is 0 Å². The number of nitro groups is 1. The highest BCUT2D eigenvalue weighted by molar-refractivity contribution is 5.82. The van der Waals surface area contributed by atoms with E-state index in [0.29, 0.717) is 5.69 Å². The molecule has 0 aliphatic heterocycles. The van der Waals surface area contributed by atoms with Crippen LogP contribution in [0.4, 0.5) is 11.4 Å². The number of benzene rings is 1. The van der Waals surface area contributed by atoms with E-state index in [9.17, 15) is 10.1 Å². The Balaban J connectivity index is 2.91. The first-order chi connectivity index (χ1) is 8.04. The highest BCUT2D eigenvalue weighted by atomic mass is 16.6. The van der Waals surface area contributed by atoms with Gasteiger partial charge in [0.15, 0.2) is 0 Å². The molecular formula is C12H17N3O2. The Hall–Kier alpha value is -1.91. The van der Waals surface area contributed by atoms with E-state index in [-0.39, 0.29) is 5.69 Å². The molecule has 1 aromatic carbocycles. The van der Waals surface area contributed by atoms with E-state index in [2.05, 4.69) is 17.5 Å². The lowest BCUT2D eigenvalue weighted by Crippen LogP contribution is -2.00. The van der Waals surface area contributed by atoms with E-state index in [1.165, 1.54) is 6.07 Å². The first kappa shape index (κ1) is 13.2. The monoisotopic (exact) mass is 235 g/mol. The Morgan fingerprint density at radius 1 is 1.53 bits per heavy atom. The van der Waals surface area contributed by atoms with Gasteiger partial charge in [-0.3, -0.25) is 15.5 Å². The minimum atomic E-state index is -0.403.